The average Bonchev–Trinajstić information content (AvgIpc) is 2.79. The first-order chi connectivity index (χ1) is 7.15. The van der Waals surface area contributed by atoms with Gasteiger partial charge in [-0.1, -0.05) is 34.6 Å². The van der Waals surface area contributed by atoms with Gasteiger partial charge >= 0.3 is 0 Å². The lowest BCUT2D eigenvalue weighted by Gasteiger charge is -2.28. The van der Waals surface area contributed by atoms with E-state index in [0.29, 0.717) is 0 Å². The van der Waals surface area contributed by atoms with Gasteiger partial charge in [-0.15, -0.1) is 0 Å². The molecule has 0 bridgehead atoms. The van der Waals surface area contributed by atoms with E-state index in [2.05, 4.69) is 26.1 Å². The Morgan fingerprint density at radius 1 is 1.38 bits per heavy atom. The number of aliphatic hydroxyl groups is 1. The summed E-state index contributed by atoms with van der Waals surface area (Å²) in [6, 6.07) is 0. The fourth-order valence-corrected chi connectivity index (χ4v) is 2.15. The SMILES string of the molecule is CC(C)[C@H](O)C(=O)NC1(CC(C)(C)C)CC1. The molecule has 1 atom stereocenters. The Kier molecular flexibility index (Phi) is 3.68. The Morgan fingerprint density at radius 2 is 1.88 bits per heavy atom. The normalized spacial score (nSPS) is 20.7. The van der Waals surface area contributed by atoms with Gasteiger partial charge in [-0.2, -0.15) is 0 Å². The lowest BCUT2D eigenvalue weighted by Crippen LogP contribution is -2.46. The number of carbonyl (C=O) groups excluding carboxylic acids is 1. The van der Waals surface area contributed by atoms with Crippen molar-refractivity contribution < 1.29 is 9.90 Å². The topological polar surface area (TPSA) is 49.3 Å². The van der Waals surface area contributed by atoms with Crippen molar-refractivity contribution in [3.63, 3.8) is 0 Å². The van der Waals surface area contributed by atoms with E-state index in [1.807, 2.05) is 13.8 Å². The lowest BCUT2D eigenvalue weighted by molar-refractivity contribution is -0.132. The minimum Gasteiger partial charge on any atom is -0.383 e. The number of nitrogens with one attached hydrogen (secondary N) is 1. The highest BCUT2D eigenvalue weighted by Gasteiger charge is 2.47. The van der Waals surface area contributed by atoms with Crippen LogP contribution >= 0.6 is 0 Å². The minimum atomic E-state index is -0.877. The second kappa shape index (κ2) is 4.36. The van der Waals surface area contributed by atoms with Gasteiger partial charge in [0.05, 0.1) is 0 Å². The number of carbonyl (C=O) groups is 1. The quantitative estimate of drug-likeness (QED) is 0.772. The summed E-state index contributed by atoms with van der Waals surface area (Å²) < 4.78 is 0. The van der Waals surface area contributed by atoms with Crippen LogP contribution in [0.2, 0.25) is 0 Å². The molecule has 3 heteroatoms. The molecule has 0 saturated heterocycles. The van der Waals surface area contributed by atoms with Crippen LogP contribution in [0.15, 0.2) is 0 Å². The van der Waals surface area contributed by atoms with E-state index < -0.39 is 6.10 Å². The molecule has 1 saturated carbocycles. The molecule has 0 radical (unpaired) electrons. The zero-order valence-electron chi connectivity index (χ0n) is 11.1. The molecular weight excluding hydrogens is 202 g/mol. The van der Waals surface area contributed by atoms with Gasteiger partial charge in [-0.05, 0) is 30.6 Å². The summed E-state index contributed by atoms with van der Waals surface area (Å²) in [5, 5.41) is 12.7. The first kappa shape index (κ1) is 13.5. The zero-order valence-corrected chi connectivity index (χ0v) is 11.1. The van der Waals surface area contributed by atoms with Gasteiger partial charge in [0.25, 0.3) is 0 Å². The molecule has 0 aromatic rings. The van der Waals surface area contributed by atoms with Crippen molar-refractivity contribution in [3.05, 3.63) is 0 Å². The number of hydrogen-bond acceptors (Lipinski definition) is 2. The summed E-state index contributed by atoms with van der Waals surface area (Å²) in [6.07, 6.45) is 2.19. The van der Waals surface area contributed by atoms with Gasteiger partial charge in [0.1, 0.15) is 6.10 Å². The van der Waals surface area contributed by atoms with Crippen molar-refractivity contribution in [3.8, 4) is 0 Å². The summed E-state index contributed by atoms with van der Waals surface area (Å²) in [5.41, 5.74) is 0.178. The fraction of sp³-hybridized carbons (Fsp3) is 0.923. The highest BCUT2D eigenvalue weighted by atomic mass is 16.3. The van der Waals surface area contributed by atoms with E-state index in [1.54, 1.807) is 0 Å². The van der Waals surface area contributed by atoms with Crippen LogP contribution in [-0.4, -0.2) is 22.7 Å². The van der Waals surface area contributed by atoms with Crippen LogP contribution in [0.3, 0.4) is 0 Å². The molecule has 16 heavy (non-hydrogen) atoms. The third kappa shape index (κ3) is 3.78. The standard InChI is InChI=1S/C13H25NO2/c1-9(2)10(15)11(16)14-13(6-7-13)8-12(3,4)5/h9-10,15H,6-8H2,1-5H3,(H,14,16)/t10-/m0/s1. The van der Waals surface area contributed by atoms with Gasteiger partial charge in [0.2, 0.25) is 5.91 Å². The van der Waals surface area contributed by atoms with Crippen molar-refractivity contribution in [2.45, 2.75) is 65.5 Å². The molecule has 1 aliphatic rings. The molecule has 2 N–H and O–H groups in total. The number of amides is 1. The second-order valence-corrected chi connectivity index (χ2v) is 6.70. The molecule has 3 nitrogen and oxygen atoms in total. The first-order valence-corrected chi connectivity index (χ1v) is 6.15. The van der Waals surface area contributed by atoms with E-state index in [0.717, 1.165) is 19.3 Å². The molecule has 0 unspecified atom stereocenters. The zero-order chi connectivity index (χ0) is 12.6. The van der Waals surface area contributed by atoms with Crippen LogP contribution in [0, 0.1) is 11.3 Å². The van der Waals surface area contributed by atoms with Crippen LogP contribution in [0.4, 0.5) is 0 Å². The number of rotatable bonds is 4. The first-order valence-electron chi connectivity index (χ1n) is 6.15. The fourth-order valence-electron chi connectivity index (χ4n) is 2.15. The lowest BCUT2D eigenvalue weighted by atomic mass is 9.86. The van der Waals surface area contributed by atoms with E-state index in [4.69, 9.17) is 0 Å². The van der Waals surface area contributed by atoms with Crippen molar-refractivity contribution in [1.82, 2.24) is 5.32 Å². The Balaban J connectivity index is 2.51. The van der Waals surface area contributed by atoms with Crippen molar-refractivity contribution >= 4 is 5.91 Å². The Morgan fingerprint density at radius 3 is 2.19 bits per heavy atom. The van der Waals surface area contributed by atoms with Gasteiger partial charge in [0, 0.05) is 5.54 Å². The van der Waals surface area contributed by atoms with E-state index in [1.165, 1.54) is 0 Å². The predicted molar refractivity (Wildman–Crippen MR) is 65.0 cm³/mol. The average molecular weight is 227 g/mol. The van der Waals surface area contributed by atoms with Crippen molar-refractivity contribution in [2.24, 2.45) is 11.3 Å². The molecule has 1 aliphatic carbocycles. The molecule has 1 amide bonds. The largest absolute Gasteiger partial charge is 0.383 e. The number of hydrogen-bond donors (Lipinski definition) is 2. The highest BCUT2D eigenvalue weighted by molar-refractivity contribution is 5.81. The summed E-state index contributed by atoms with van der Waals surface area (Å²) in [5.74, 6) is -0.234. The van der Waals surface area contributed by atoms with Crippen molar-refractivity contribution in [1.29, 1.82) is 0 Å². The van der Waals surface area contributed by atoms with E-state index in [9.17, 15) is 9.90 Å². The van der Waals surface area contributed by atoms with Gasteiger partial charge < -0.3 is 10.4 Å². The molecule has 0 spiro atoms. The third-order valence-corrected chi connectivity index (χ3v) is 3.01. The Labute approximate surface area is 98.6 Å². The maximum atomic E-state index is 11.8. The molecular formula is C13H25NO2. The minimum absolute atomic E-state index is 0.0227. The molecule has 0 heterocycles. The smallest absolute Gasteiger partial charge is 0.249 e. The van der Waals surface area contributed by atoms with Gasteiger partial charge in [0.15, 0.2) is 0 Å². The molecule has 0 aromatic heterocycles. The highest BCUT2D eigenvalue weighted by Crippen LogP contribution is 2.44. The molecule has 0 aliphatic heterocycles. The van der Waals surface area contributed by atoms with Gasteiger partial charge in [-0.3, -0.25) is 4.79 Å². The van der Waals surface area contributed by atoms with Crippen LogP contribution in [0.1, 0.15) is 53.9 Å². The maximum absolute atomic E-state index is 11.8. The van der Waals surface area contributed by atoms with E-state index in [-0.39, 0.29) is 22.8 Å². The van der Waals surface area contributed by atoms with Crippen LogP contribution in [0.5, 0.6) is 0 Å². The Hall–Kier alpha value is -0.570. The van der Waals surface area contributed by atoms with Crippen LogP contribution in [0.25, 0.3) is 0 Å². The summed E-state index contributed by atoms with van der Waals surface area (Å²) in [6.45, 7) is 10.2. The molecule has 94 valence electrons. The number of aliphatic hydroxyl groups excluding tert-OH is 1. The summed E-state index contributed by atoms with van der Waals surface area (Å²) in [7, 11) is 0. The van der Waals surface area contributed by atoms with Gasteiger partial charge in [-0.25, -0.2) is 0 Å². The second-order valence-electron chi connectivity index (χ2n) is 6.70. The van der Waals surface area contributed by atoms with E-state index >= 15 is 0 Å². The molecule has 1 fully saturated rings. The summed E-state index contributed by atoms with van der Waals surface area (Å²) in [4.78, 5) is 11.8. The summed E-state index contributed by atoms with van der Waals surface area (Å²) >= 11 is 0. The van der Waals surface area contributed by atoms with Crippen molar-refractivity contribution in [2.75, 3.05) is 0 Å². The van der Waals surface area contributed by atoms with Crippen LogP contribution < -0.4 is 5.32 Å². The third-order valence-electron chi connectivity index (χ3n) is 3.01. The molecule has 1 rings (SSSR count). The maximum Gasteiger partial charge on any atom is 0.249 e. The predicted octanol–water partition coefficient (Wildman–Crippen LogP) is 2.09. The van der Waals surface area contributed by atoms with Crippen LogP contribution in [-0.2, 0) is 4.79 Å². The Bertz CT molecular complexity index is 262. The monoisotopic (exact) mass is 227 g/mol. The molecule has 0 aromatic carbocycles.